The summed E-state index contributed by atoms with van der Waals surface area (Å²) < 4.78 is 5.41. The smallest absolute Gasteiger partial charge is 0.269 e. The third-order valence-corrected chi connectivity index (χ3v) is 4.80. The number of hydrogen-bond donors (Lipinski definition) is 2. The van der Waals surface area contributed by atoms with Crippen molar-refractivity contribution < 1.29 is 9.66 Å². The molecule has 0 spiro atoms. The lowest BCUT2D eigenvalue weighted by Crippen LogP contribution is -2.50. The second kappa shape index (κ2) is 12.9. The van der Waals surface area contributed by atoms with E-state index >= 15 is 0 Å². The van der Waals surface area contributed by atoms with Crippen LogP contribution in [0.4, 0.5) is 5.69 Å². The Morgan fingerprint density at radius 2 is 1.93 bits per heavy atom. The molecule has 0 amide bonds. The van der Waals surface area contributed by atoms with Crippen molar-refractivity contribution in [1.29, 1.82) is 0 Å². The van der Waals surface area contributed by atoms with Crippen molar-refractivity contribution in [3.05, 3.63) is 39.9 Å². The van der Waals surface area contributed by atoms with E-state index in [9.17, 15) is 10.1 Å². The second-order valence-corrected chi connectivity index (χ2v) is 6.92. The van der Waals surface area contributed by atoms with E-state index in [0.29, 0.717) is 18.6 Å². The number of non-ortho nitro benzene ring substituents is 1. The number of ether oxygens (including phenoxy) is 1. The Morgan fingerprint density at radius 1 is 1.29 bits per heavy atom. The van der Waals surface area contributed by atoms with Gasteiger partial charge in [0.1, 0.15) is 0 Å². The highest BCUT2D eigenvalue weighted by atomic mass is 127. The third-order valence-electron chi connectivity index (χ3n) is 4.80. The number of aliphatic imine (C=N–C) groups is 1. The number of rotatable bonds is 8. The fraction of sp³-hybridized carbons (Fsp3) is 0.632. The molecule has 1 aliphatic heterocycles. The fourth-order valence-electron chi connectivity index (χ4n) is 2.77. The standard InChI is InChI=1S/C19H31N5O3.HI/c1-4-15(2)22-19(20-13-16(3)23-9-11-27-12-10-23)21-14-17-5-7-18(8-6-17)24(25)26;/h5-8,15-16H,4,9-14H2,1-3H3,(H2,20,21,22);1H. The Hall–Kier alpha value is -1.46. The van der Waals surface area contributed by atoms with Gasteiger partial charge >= 0.3 is 0 Å². The van der Waals surface area contributed by atoms with Gasteiger partial charge in [-0.25, -0.2) is 4.99 Å². The van der Waals surface area contributed by atoms with E-state index in [2.05, 4.69) is 41.3 Å². The van der Waals surface area contributed by atoms with Crippen LogP contribution in [0.15, 0.2) is 29.3 Å². The molecule has 0 saturated carbocycles. The first kappa shape index (κ1) is 24.6. The number of nitro benzene ring substituents is 1. The summed E-state index contributed by atoms with van der Waals surface area (Å²) in [4.78, 5) is 17.4. The third kappa shape index (κ3) is 8.27. The number of nitro groups is 1. The zero-order valence-electron chi connectivity index (χ0n) is 16.9. The van der Waals surface area contributed by atoms with Crippen LogP contribution in [0.5, 0.6) is 0 Å². The number of hydrogen-bond acceptors (Lipinski definition) is 5. The van der Waals surface area contributed by atoms with Crippen molar-refractivity contribution in [3.8, 4) is 0 Å². The van der Waals surface area contributed by atoms with E-state index in [-0.39, 0.29) is 29.7 Å². The monoisotopic (exact) mass is 505 g/mol. The second-order valence-electron chi connectivity index (χ2n) is 6.92. The molecule has 2 unspecified atom stereocenters. The van der Waals surface area contributed by atoms with E-state index < -0.39 is 4.92 Å². The molecule has 8 nitrogen and oxygen atoms in total. The minimum atomic E-state index is -0.391. The van der Waals surface area contributed by atoms with E-state index in [1.807, 2.05) is 0 Å². The average molecular weight is 505 g/mol. The molecule has 1 aromatic rings. The van der Waals surface area contributed by atoms with Crippen LogP contribution < -0.4 is 10.6 Å². The van der Waals surface area contributed by atoms with Crippen molar-refractivity contribution in [1.82, 2.24) is 15.5 Å². The molecule has 0 aliphatic carbocycles. The van der Waals surface area contributed by atoms with Gasteiger partial charge in [0.25, 0.3) is 5.69 Å². The van der Waals surface area contributed by atoms with Gasteiger partial charge in [-0.05, 0) is 25.8 Å². The van der Waals surface area contributed by atoms with Crippen LogP contribution in [0.2, 0.25) is 0 Å². The number of benzene rings is 1. The van der Waals surface area contributed by atoms with Gasteiger partial charge in [0.2, 0.25) is 0 Å². The lowest BCUT2D eigenvalue weighted by atomic mass is 10.2. The maximum absolute atomic E-state index is 10.8. The summed E-state index contributed by atoms with van der Waals surface area (Å²) in [6.45, 7) is 11.2. The number of halogens is 1. The van der Waals surface area contributed by atoms with Gasteiger partial charge in [0.05, 0.1) is 24.7 Å². The summed E-state index contributed by atoms with van der Waals surface area (Å²) in [6, 6.07) is 7.22. The van der Waals surface area contributed by atoms with Gasteiger partial charge in [-0.1, -0.05) is 19.1 Å². The Kier molecular flexibility index (Phi) is 11.3. The molecule has 2 rings (SSSR count). The normalized spacial score (nSPS) is 17.3. The molecule has 0 bridgehead atoms. The largest absolute Gasteiger partial charge is 0.379 e. The predicted octanol–water partition coefficient (Wildman–Crippen LogP) is 2.77. The minimum absolute atomic E-state index is 0. The molecular weight excluding hydrogens is 473 g/mol. The SMILES string of the molecule is CCC(C)NC(=NCc1ccc([N+](=O)[O-])cc1)NCC(C)N1CCOCC1.I. The van der Waals surface area contributed by atoms with Crippen molar-refractivity contribution in [3.63, 3.8) is 0 Å². The molecule has 2 N–H and O–H groups in total. The summed E-state index contributed by atoms with van der Waals surface area (Å²) in [5, 5.41) is 17.6. The lowest BCUT2D eigenvalue weighted by molar-refractivity contribution is -0.384. The van der Waals surface area contributed by atoms with Gasteiger partial charge < -0.3 is 15.4 Å². The minimum Gasteiger partial charge on any atom is -0.379 e. The number of nitrogens with one attached hydrogen (secondary N) is 2. The molecular formula is C19H32IN5O3. The Morgan fingerprint density at radius 3 is 2.50 bits per heavy atom. The fourth-order valence-corrected chi connectivity index (χ4v) is 2.77. The van der Waals surface area contributed by atoms with Crippen molar-refractivity contribution in [2.24, 2.45) is 4.99 Å². The van der Waals surface area contributed by atoms with E-state index in [1.165, 1.54) is 12.1 Å². The molecule has 1 saturated heterocycles. The molecule has 1 heterocycles. The van der Waals surface area contributed by atoms with Gasteiger partial charge in [0.15, 0.2) is 5.96 Å². The summed E-state index contributed by atoms with van der Waals surface area (Å²) >= 11 is 0. The maximum atomic E-state index is 10.8. The zero-order valence-corrected chi connectivity index (χ0v) is 19.2. The van der Waals surface area contributed by atoms with E-state index in [1.54, 1.807) is 12.1 Å². The Labute approximate surface area is 184 Å². The summed E-state index contributed by atoms with van der Waals surface area (Å²) in [7, 11) is 0. The number of nitrogens with zero attached hydrogens (tertiary/aromatic N) is 3. The van der Waals surface area contributed by atoms with Crippen molar-refractivity contribution in [2.75, 3.05) is 32.8 Å². The van der Waals surface area contributed by atoms with Crippen molar-refractivity contribution >= 4 is 35.6 Å². The van der Waals surface area contributed by atoms with Crippen LogP contribution in [0.3, 0.4) is 0 Å². The first-order valence-corrected chi connectivity index (χ1v) is 9.59. The molecule has 1 aliphatic rings. The topological polar surface area (TPSA) is 92.0 Å². The zero-order chi connectivity index (χ0) is 19.6. The van der Waals surface area contributed by atoms with Gasteiger partial charge in [-0.3, -0.25) is 15.0 Å². The van der Waals surface area contributed by atoms with Gasteiger partial charge in [-0.2, -0.15) is 0 Å². The molecule has 0 radical (unpaired) electrons. The number of guanidine groups is 1. The molecule has 0 aromatic heterocycles. The average Bonchev–Trinajstić information content (AvgIpc) is 2.70. The Bertz CT molecular complexity index is 621. The van der Waals surface area contributed by atoms with Gasteiger partial charge in [0, 0.05) is 43.9 Å². The first-order chi connectivity index (χ1) is 13.0. The molecule has 28 heavy (non-hydrogen) atoms. The molecule has 2 atom stereocenters. The predicted molar refractivity (Wildman–Crippen MR) is 122 cm³/mol. The first-order valence-electron chi connectivity index (χ1n) is 9.59. The molecule has 1 aromatic carbocycles. The van der Waals surface area contributed by atoms with Gasteiger partial charge in [-0.15, -0.1) is 24.0 Å². The highest BCUT2D eigenvalue weighted by Gasteiger charge is 2.17. The van der Waals surface area contributed by atoms with E-state index in [0.717, 1.165) is 50.8 Å². The van der Waals surface area contributed by atoms with Crippen LogP contribution in [0.1, 0.15) is 32.8 Å². The maximum Gasteiger partial charge on any atom is 0.269 e. The van der Waals surface area contributed by atoms with Crippen molar-refractivity contribution in [2.45, 2.75) is 45.8 Å². The van der Waals surface area contributed by atoms with Crippen LogP contribution >= 0.6 is 24.0 Å². The van der Waals surface area contributed by atoms with Crippen LogP contribution in [0, 0.1) is 10.1 Å². The summed E-state index contributed by atoms with van der Waals surface area (Å²) in [6.07, 6.45) is 0.997. The molecule has 9 heteroatoms. The highest BCUT2D eigenvalue weighted by molar-refractivity contribution is 14.0. The highest BCUT2D eigenvalue weighted by Crippen LogP contribution is 2.12. The molecule has 158 valence electrons. The summed E-state index contributed by atoms with van der Waals surface area (Å²) in [5.41, 5.74) is 1.03. The Balaban J connectivity index is 0.00000392. The molecule has 1 fully saturated rings. The quantitative estimate of drug-likeness (QED) is 0.186. The summed E-state index contributed by atoms with van der Waals surface area (Å²) in [5.74, 6) is 0.766. The van der Waals surface area contributed by atoms with Crippen LogP contribution in [-0.2, 0) is 11.3 Å². The van der Waals surface area contributed by atoms with Crippen LogP contribution in [0.25, 0.3) is 0 Å². The lowest BCUT2D eigenvalue weighted by Gasteiger charge is -2.32. The van der Waals surface area contributed by atoms with Crippen LogP contribution in [-0.4, -0.2) is 60.7 Å². The van der Waals surface area contributed by atoms with E-state index in [4.69, 9.17) is 4.74 Å². The number of morpholine rings is 1.